The van der Waals surface area contributed by atoms with Gasteiger partial charge in [0.15, 0.2) is 17.5 Å². The highest BCUT2D eigenvalue weighted by Crippen LogP contribution is 2.28. The highest BCUT2D eigenvalue weighted by atomic mass is 16.5. The fourth-order valence-corrected chi connectivity index (χ4v) is 3.38. The van der Waals surface area contributed by atoms with E-state index in [2.05, 4.69) is 5.32 Å². The third-order valence-electron chi connectivity index (χ3n) is 5.91. The molecule has 0 fully saturated rings. The second kappa shape index (κ2) is 14.5. The summed E-state index contributed by atoms with van der Waals surface area (Å²) >= 11 is 0. The highest BCUT2D eigenvalue weighted by molar-refractivity contribution is 5.80. The van der Waals surface area contributed by atoms with E-state index < -0.39 is 48.1 Å². The van der Waals surface area contributed by atoms with Crippen molar-refractivity contribution in [2.24, 2.45) is 5.73 Å². The number of phenolic OH excluding ortho intramolecular Hbond substituents is 2. The van der Waals surface area contributed by atoms with Crippen molar-refractivity contribution in [3.63, 3.8) is 0 Å². The van der Waals surface area contributed by atoms with Crippen LogP contribution in [0.2, 0.25) is 0 Å². The Morgan fingerprint density at radius 3 is 1.95 bits per heavy atom. The zero-order valence-electron chi connectivity index (χ0n) is 21.8. The number of hydrogen-bond acceptors (Lipinski definition) is 9. The SMILES string of the molecule is Cc1ccc([C@@H](O)[C@H](NC(=O)OCc2ccccc2)C(=O)O)cc1C.N[C@H](C(=O)O)[C@H](O)c1ccc(O)c(O)c1. The van der Waals surface area contributed by atoms with Crippen LogP contribution in [0.1, 0.15) is 40.0 Å². The topological polar surface area (TPSA) is 220 Å². The van der Waals surface area contributed by atoms with E-state index in [1.807, 2.05) is 19.9 Å². The van der Waals surface area contributed by atoms with Gasteiger partial charge >= 0.3 is 18.0 Å². The molecule has 3 aromatic carbocycles. The lowest BCUT2D eigenvalue weighted by Crippen LogP contribution is -2.45. The van der Waals surface area contributed by atoms with Gasteiger partial charge in [0.05, 0.1) is 0 Å². The molecule has 9 N–H and O–H groups in total. The molecule has 1 amide bonds. The number of ether oxygens (including phenoxy) is 1. The van der Waals surface area contributed by atoms with E-state index in [1.165, 1.54) is 6.07 Å². The van der Waals surface area contributed by atoms with Crippen molar-refractivity contribution in [1.82, 2.24) is 5.32 Å². The van der Waals surface area contributed by atoms with Gasteiger partial charge in [-0.15, -0.1) is 0 Å². The quantitative estimate of drug-likeness (QED) is 0.179. The number of aromatic hydroxyl groups is 2. The van der Waals surface area contributed by atoms with Crippen LogP contribution in [-0.4, -0.2) is 60.8 Å². The predicted octanol–water partition coefficient (Wildman–Crippen LogP) is 2.26. The van der Waals surface area contributed by atoms with Gasteiger partial charge in [0.2, 0.25) is 0 Å². The van der Waals surface area contributed by atoms with Crippen LogP contribution in [-0.2, 0) is 20.9 Å². The zero-order chi connectivity index (χ0) is 30.0. The molecule has 0 bridgehead atoms. The van der Waals surface area contributed by atoms with Crippen molar-refractivity contribution in [3.05, 3.63) is 94.5 Å². The summed E-state index contributed by atoms with van der Waals surface area (Å²) in [5.74, 6) is -3.49. The third-order valence-corrected chi connectivity index (χ3v) is 5.91. The van der Waals surface area contributed by atoms with Crippen LogP contribution in [0.15, 0.2) is 66.7 Å². The maximum atomic E-state index is 11.9. The smallest absolute Gasteiger partial charge is 0.408 e. The standard InChI is InChI=1S/C19H21NO5.C9H11NO5/c1-12-8-9-15(10-13(12)2)17(21)16(18(22)23)20-19(24)25-11-14-6-4-3-5-7-14;10-7(9(14)15)8(13)4-1-2-5(11)6(12)3-4/h3-10,16-17,21H,11H2,1-2H3,(H,20,24)(H,22,23);1-3,7-8,11-13H,10H2,(H,14,15)/t16-,17+;7-,8+/m00/s1. The Kier molecular flexibility index (Phi) is 11.4. The number of carbonyl (C=O) groups is 3. The van der Waals surface area contributed by atoms with Gasteiger partial charge in [0, 0.05) is 0 Å². The van der Waals surface area contributed by atoms with Crippen LogP contribution in [0, 0.1) is 13.8 Å². The molecule has 40 heavy (non-hydrogen) atoms. The minimum Gasteiger partial charge on any atom is -0.504 e. The number of rotatable bonds is 9. The Hall–Kier alpha value is -4.65. The minimum absolute atomic E-state index is 0.0126. The summed E-state index contributed by atoms with van der Waals surface area (Å²) in [6, 6.07) is 14.6. The number of aliphatic carboxylic acids is 2. The van der Waals surface area contributed by atoms with Crippen molar-refractivity contribution >= 4 is 18.0 Å². The van der Waals surface area contributed by atoms with E-state index >= 15 is 0 Å². The summed E-state index contributed by atoms with van der Waals surface area (Å²) in [5.41, 5.74) is 8.45. The fraction of sp³-hybridized carbons (Fsp3) is 0.250. The van der Waals surface area contributed by atoms with Gasteiger partial charge in [-0.05, 0) is 53.8 Å². The normalized spacial score (nSPS) is 13.5. The lowest BCUT2D eigenvalue weighted by Gasteiger charge is -2.21. The molecule has 214 valence electrons. The number of aliphatic hydroxyl groups is 2. The predicted molar refractivity (Wildman–Crippen MR) is 142 cm³/mol. The largest absolute Gasteiger partial charge is 0.504 e. The third kappa shape index (κ3) is 8.98. The number of benzene rings is 3. The van der Waals surface area contributed by atoms with Crippen molar-refractivity contribution in [2.45, 2.75) is 44.7 Å². The van der Waals surface area contributed by atoms with E-state index in [9.17, 15) is 29.7 Å². The summed E-state index contributed by atoms with van der Waals surface area (Å²) in [6.07, 6.45) is -3.73. The number of hydrogen-bond donors (Lipinski definition) is 8. The highest BCUT2D eigenvalue weighted by Gasteiger charge is 2.30. The van der Waals surface area contributed by atoms with Crippen LogP contribution < -0.4 is 11.1 Å². The van der Waals surface area contributed by atoms with Gasteiger partial charge in [-0.25, -0.2) is 9.59 Å². The van der Waals surface area contributed by atoms with Gasteiger partial charge in [-0.2, -0.15) is 0 Å². The molecule has 0 spiro atoms. The lowest BCUT2D eigenvalue weighted by atomic mass is 9.98. The van der Waals surface area contributed by atoms with Crippen LogP contribution >= 0.6 is 0 Å². The number of carboxylic acids is 2. The molecule has 0 aliphatic carbocycles. The fourth-order valence-electron chi connectivity index (χ4n) is 3.38. The number of phenols is 2. The van der Waals surface area contributed by atoms with E-state index in [0.29, 0.717) is 5.56 Å². The summed E-state index contributed by atoms with van der Waals surface area (Å²) in [4.78, 5) is 33.8. The number of nitrogens with one attached hydrogen (secondary N) is 1. The number of aliphatic hydroxyl groups excluding tert-OH is 2. The average Bonchev–Trinajstić information content (AvgIpc) is 2.93. The van der Waals surface area contributed by atoms with Crippen LogP contribution in [0.25, 0.3) is 0 Å². The van der Waals surface area contributed by atoms with Gasteiger partial charge in [-0.1, -0.05) is 54.6 Å². The Morgan fingerprint density at radius 1 is 0.800 bits per heavy atom. The van der Waals surface area contributed by atoms with Gasteiger partial charge in [0.1, 0.15) is 24.9 Å². The van der Waals surface area contributed by atoms with Gasteiger partial charge in [0.25, 0.3) is 0 Å². The molecular formula is C28H32N2O10. The minimum atomic E-state index is -1.51. The Morgan fingerprint density at radius 2 is 1.40 bits per heavy atom. The number of aryl methyl sites for hydroxylation is 2. The summed E-state index contributed by atoms with van der Waals surface area (Å²) in [7, 11) is 0. The molecule has 0 aliphatic rings. The first kappa shape index (κ1) is 31.6. The van der Waals surface area contributed by atoms with Crippen molar-refractivity contribution in [2.75, 3.05) is 0 Å². The lowest BCUT2D eigenvalue weighted by molar-refractivity contribution is -0.143. The molecular weight excluding hydrogens is 524 g/mol. The Bertz CT molecular complexity index is 1320. The van der Waals surface area contributed by atoms with Gasteiger partial charge in [-0.3, -0.25) is 4.79 Å². The van der Waals surface area contributed by atoms with E-state index in [-0.39, 0.29) is 17.9 Å². The molecule has 12 nitrogen and oxygen atoms in total. The first-order chi connectivity index (χ1) is 18.8. The van der Waals surface area contributed by atoms with E-state index in [1.54, 1.807) is 42.5 Å². The van der Waals surface area contributed by atoms with Crippen LogP contribution in [0.3, 0.4) is 0 Å². The second-order valence-electron chi connectivity index (χ2n) is 8.87. The number of amides is 1. The van der Waals surface area contributed by atoms with Gasteiger partial charge < -0.3 is 46.4 Å². The van der Waals surface area contributed by atoms with Crippen molar-refractivity contribution in [1.29, 1.82) is 0 Å². The first-order valence-corrected chi connectivity index (χ1v) is 11.9. The molecule has 4 atom stereocenters. The monoisotopic (exact) mass is 556 g/mol. The number of carbonyl (C=O) groups excluding carboxylic acids is 1. The van der Waals surface area contributed by atoms with Crippen molar-refractivity contribution < 1.29 is 49.8 Å². The van der Waals surface area contributed by atoms with Crippen molar-refractivity contribution in [3.8, 4) is 11.5 Å². The average molecular weight is 557 g/mol. The van der Waals surface area contributed by atoms with Crippen LogP contribution in [0.5, 0.6) is 11.5 Å². The second-order valence-corrected chi connectivity index (χ2v) is 8.87. The Balaban J connectivity index is 0.000000319. The molecule has 0 unspecified atom stereocenters. The Labute approximate surface area is 229 Å². The maximum absolute atomic E-state index is 11.9. The molecule has 0 radical (unpaired) electrons. The summed E-state index contributed by atoms with van der Waals surface area (Å²) in [6.45, 7) is 3.79. The van der Waals surface area contributed by atoms with E-state index in [0.717, 1.165) is 28.8 Å². The molecule has 0 aliphatic heterocycles. The summed E-state index contributed by atoms with van der Waals surface area (Å²) in [5, 5.41) is 58.0. The molecule has 3 rings (SSSR count). The first-order valence-electron chi connectivity index (χ1n) is 11.9. The van der Waals surface area contributed by atoms with E-state index in [4.69, 9.17) is 25.8 Å². The summed E-state index contributed by atoms with van der Waals surface area (Å²) < 4.78 is 5.01. The molecule has 0 saturated carbocycles. The maximum Gasteiger partial charge on any atom is 0.408 e. The molecule has 0 heterocycles. The number of alkyl carbamates (subject to hydrolysis) is 1. The molecule has 3 aromatic rings. The molecule has 12 heteroatoms. The molecule has 0 aromatic heterocycles. The zero-order valence-corrected chi connectivity index (χ0v) is 21.8. The number of nitrogens with two attached hydrogens (primary N) is 1. The number of carboxylic acid groups (broad SMARTS) is 2. The molecule has 0 saturated heterocycles. The van der Waals surface area contributed by atoms with Crippen LogP contribution in [0.4, 0.5) is 4.79 Å².